The SMILES string of the molecule is C[C@@]1(c2cc(NC(=O)c3ncc(C(F)F)cc3N)ccc2F)COC(CF)(CF)C(N)=N1.N#Cc1cnc(C(=O)O)c(N)c1. The number of carboxylic acid groups (broad SMARTS) is 1. The molecule has 3 heterocycles. The van der Waals surface area contributed by atoms with Gasteiger partial charge in [-0.3, -0.25) is 9.79 Å². The molecule has 0 saturated heterocycles. The number of aromatic nitrogens is 2. The number of amidine groups is 1. The Morgan fingerprint density at radius 3 is 2.25 bits per heavy atom. The van der Waals surface area contributed by atoms with Gasteiger partial charge in [0.1, 0.15) is 36.6 Å². The fraction of sp³-hybridized carbons (Fsp3) is 0.259. The standard InChI is InChI=1S/C20H20F5N5O2.C7H5N3O2/c1-19(9-32-20(7-21,8-22)18(27)30-19)12-5-11(2-3-13(12)23)29-17(31)15-14(26)4-10(6-28-15)16(24)25;8-2-4-1-5(9)6(7(11)12)10-3-4/h2-6,16H,7-9,26H2,1H3,(H2,27,30)(H,29,31);1,3H,9H2,(H,11,12)/t19-;/m0./s1. The lowest BCUT2D eigenvalue weighted by Crippen LogP contribution is -2.56. The molecule has 1 atom stereocenters. The van der Waals surface area contributed by atoms with Gasteiger partial charge in [-0.25, -0.2) is 36.7 Å². The highest BCUT2D eigenvalue weighted by Crippen LogP contribution is 2.36. The van der Waals surface area contributed by atoms with Crippen molar-refractivity contribution in [1.82, 2.24) is 9.97 Å². The fourth-order valence-corrected chi connectivity index (χ4v) is 3.88. The number of nitrogen functional groups attached to an aromatic ring is 2. The number of carbonyl (C=O) groups is 2. The number of halogens is 5. The smallest absolute Gasteiger partial charge is 0.356 e. The van der Waals surface area contributed by atoms with Gasteiger partial charge < -0.3 is 32.4 Å². The van der Waals surface area contributed by atoms with Crippen molar-refractivity contribution in [3.05, 3.63) is 76.6 Å². The van der Waals surface area contributed by atoms with E-state index in [1.54, 1.807) is 6.07 Å². The summed E-state index contributed by atoms with van der Waals surface area (Å²) >= 11 is 0. The first-order chi connectivity index (χ1) is 20.7. The van der Waals surface area contributed by atoms with Crippen molar-refractivity contribution in [2.75, 3.05) is 36.7 Å². The van der Waals surface area contributed by atoms with Crippen LogP contribution in [0.25, 0.3) is 0 Å². The third-order valence-electron chi connectivity index (χ3n) is 6.35. The Bertz CT molecular complexity index is 1640. The number of nitriles is 1. The molecular weight excluding hydrogens is 595 g/mol. The first-order valence-electron chi connectivity index (χ1n) is 12.4. The first-order valence-corrected chi connectivity index (χ1v) is 12.4. The normalized spacial score (nSPS) is 17.1. The van der Waals surface area contributed by atoms with Gasteiger partial charge in [0, 0.05) is 29.2 Å². The second-order valence-corrected chi connectivity index (χ2v) is 9.56. The van der Waals surface area contributed by atoms with E-state index in [-0.39, 0.29) is 46.2 Å². The molecule has 1 aliphatic rings. The molecule has 2 aromatic heterocycles. The molecule has 0 fully saturated rings. The predicted octanol–water partition coefficient (Wildman–Crippen LogP) is 3.51. The summed E-state index contributed by atoms with van der Waals surface area (Å²) in [4.78, 5) is 34.1. The fourth-order valence-electron chi connectivity index (χ4n) is 3.88. The Morgan fingerprint density at radius 1 is 1.09 bits per heavy atom. The monoisotopic (exact) mass is 620 g/mol. The number of hydrogen-bond donors (Lipinski definition) is 5. The highest BCUT2D eigenvalue weighted by molar-refractivity contribution is 6.06. The topological polar surface area (TPSA) is 216 Å². The van der Waals surface area contributed by atoms with E-state index >= 15 is 0 Å². The molecular formula is C27H25F5N8O4. The quantitative estimate of drug-likeness (QED) is 0.242. The van der Waals surface area contributed by atoms with Crippen molar-refractivity contribution < 1.29 is 41.4 Å². The lowest BCUT2D eigenvalue weighted by atomic mass is 9.89. The summed E-state index contributed by atoms with van der Waals surface area (Å²) in [6, 6.07) is 7.54. The molecule has 0 bridgehead atoms. The van der Waals surface area contributed by atoms with E-state index in [1.807, 2.05) is 0 Å². The van der Waals surface area contributed by atoms with Gasteiger partial charge in [-0.15, -0.1) is 0 Å². The average molecular weight is 621 g/mol. The van der Waals surface area contributed by atoms with Gasteiger partial charge in [0.15, 0.2) is 17.0 Å². The van der Waals surface area contributed by atoms with Crippen molar-refractivity contribution in [1.29, 1.82) is 5.26 Å². The molecule has 12 nitrogen and oxygen atoms in total. The molecule has 0 unspecified atom stereocenters. The molecule has 1 aliphatic heterocycles. The summed E-state index contributed by atoms with van der Waals surface area (Å²) < 4.78 is 71.9. The minimum atomic E-state index is -2.80. The van der Waals surface area contributed by atoms with E-state index < -0.39 is 60.0 Å². The summed E-state index contributed by atoms with van der Waals surface area (Å²) in [6.45, 7) is -1.41. The first kappa shape index (κ1) is 33.1. The summed E-state index contributed by atoms with van der Waals surface area (Å²) in [7, 11) is 0. The van der Waals surface area contributed by atoms with Gasteiger partial charge >= 0.3 is 5.97 Å². The third-order valence-corrected chi connectivity index (χ3v) is 6.35. The second kappa shape index (κ2) is 13.3. The molecule has 0 aliphatic carbocycles. The number of nitrogens with zero attached hydrogens (tertiary/aromatic N) is 4. The number of nitrogens with one attached hydrogen (secondary N) is 1. The van der Waals surface area contributed by atoms with E-state index in [4.69, 9.17) is 32.3 Å². The Morgan fingerprint density at radius 2 is 1.73 bits per heavy atom. The van der Waals surface area contributed by atoms with Gasteiger partial charge in [0.25, 0.3) is 12.3 Å². The number of anilines is 3. The van der Waals surface area contributed by atoms with Crippen LogP contribution in [0.4, 0.5) is 39.0 Å². The summed E-state index contributed by atoms with van der Waals surface area (Å²) in [5.74, 6) is -3.20. The zero-order valence-corrected chi connectivity index (χ0v) is 22.8. The van der Waals surface area contributed by atoms with E-state index in [0.29, 0.717) is 0 Å². The van der Waals surface area contributed by atoms with Crippen molar-refractivity contribution >= 4 is 34.8 Å². The second-order valence-electron chi connectivity index (χ2n) is 9.56. The molecule has 4 rings (SSSR count). The maximum Gasteiger partial charge on any atom is 0.356 e. The molecule has 0 radical (unpaired) electrons. The predicted molar refractivity (Wildman–Crippen MR) is 148 cm³/mol. The zero-order chi connectivity index (χ0) is 32.8. The van der Waals surface area contributed by atoms with Crippen LogP contribution in [0.1, 0.15) is 51.0 Å². The van der Waals surface area contributed by atoms with E-state index in [1.165, 1.54) is 31.3 Å². The average Bonchev–Trinajstić information content (AvgIpc) is 2.98. The molecule has 0 spiro atoms. The number of rotatable bonds is 7. The highest BCUT2D eigenvalue weighted by Gasteiger charge is 2.46. The molecule has 44 heavy (non-hydrogen) atoms. The Hall–Kier alpha value is -5.37. The number of benzene rings is 1. The van der Waals surface area contributed by atoms with Crippen LogP contribution < -0.4 is 22.5 Å². The minimum Gasteiger partial charge on any atom is -0.476 e. The van der Waals surface area contributed by atoms with Crippen molar-refractivity contribution in [3.8, 4) is 6.07 Å². The Balaban J connectivity index is 0.000000369. The lowest BCUT2D eigenvalue weighted by Gasteiger charge is -2.39. The molecule has 0 saturated carbocycles. The van der Waals surface area contributed by atoms with Gasteiger partial charge in [-0.2, -0.15) is 5.26 Å². The van der Waals surface area contributed by atoms with E-state index in [0.717, 1.165) is 18.3 Å². The number of ether oxygens (including phenoxy) is 1. The number of alkyl halides is 4. The van der Waals surface area contributed by atoms with Gasteiger partial charge in [0.05, 0.1) is 23.5 Å². The van der Waals surface area contributed by atoms with Crippen molar-refractivity contribution in [2.45, 2.75) is 24.5 Å². The molecule has 3 aromatic rings. The summed E-state index contributed by atoms with van der Waals surface area (Å²) in [6.07, 6.45) is -0.812. The number of aliphatic imine (C=N–C) groups is 1. The van der Waals surface area contributed by atoms with Crippen LogP contribution in [0, 0.1) is 17.1 Å². The van der Waals surface area contributed by atoms with Gasteiger partial charge in [0.2, 0.25) is 0 Å². The van der Waals surface area contributed by atoms with E-state index in [2.05, 4.69) is 20.3 Å². The third kappa shape index (κ3) is 6.98. The molecule has 1 aromatic carbocycles. The van der Waals surface area contributed by atoms with Crippen LogP contribution in [-0.4, -0.2) is 58.3 Å². The number of carbonyl (C=O) groups excluding carboxylic acids is 1. The molecule has 17 heteroatoms. The largest absolute Gasteiger partial charge is 0.476 e. The lowest BCUT2D eigenvalue weighted by molar-refractivity contribution is -0.0575. The molecule has 8 N–H and O–H groups in total. The number of nitrogens with two attached hydrogens (primary N) is 3. The number of carboxylic acids is 1. The Kier molecular flexibility index (Phi) is 10.0. The maximum atomic E-state index is 14.6. The van der Waals surface area contributed by atoms with Crippen LogP contribution in [-0.2, 0) is 10.3 Å². The maximum absolute atomic E-state index is 14.6. The molecule has 1 amide bonds. The van der Waals surface area contributed by atoms with Crippen molar-refractivity contribution in [3.63, 3.8) is 0 Å². The molecule has 232 valence electrons. The van der Waals surface area contributed by atoms with Crippen LogP contribution in [0.5, 0.6) is 0 Å². The van der Waals surface area contributed by atoms with Gasteiger partial charge in [-0.05, 0) is 37.3 Å². The summed E-state index contributed by atoms with van der Waals surface area (Å²) in [5, 5.41) is 19.3. The van der Waals surface area contributed by atoms with E-state index in [9.17, 15) is 31.5 Å². The number of pyridine rings is 2. The van der Waals surface area contributed by atoms with Crippen molar-refractivity contribution in [2.24, 2.45) is 10.7 Å². The minimum absolute atomic E-state index is 0.00144. The zero-order valence-electron chi connectivity index (χ0n) is 22.8. The number of hydrogen-bond acceptors (Lipinski definition) is 10. The highest BCUT2D eigenvalue weighted by atomic mass is 19.3. The van der Waals surface area contributed by atoms with Crippen LogP contribution in [0.15, 0.2) is 47.7 Å². The van der Waals surface area contributed by atoms with Crippen LogP contribution >= 0.6 is 0 Å². The Labute approximate surface area is 246 Å². The number of amides is 1. The van der Waals surface area contributed by atoms with Crippen LogP contribution in [0.3, 0.4) is 0 Å². The van der Waals surface area contributed by atoms with Gasteiger partial charge in [-0.1, -0.05) is 0 Å². The number of aromatic carboxylic acids is 1. The van der Waals surface area contributed by atoms with Crippen LogP contribution in [0.2, 0.25) is 0 Å². The summed E-state index contributed by atoms with van der Waals surface area (Å²) in [5.41, 5.74) is 12.3.